The van der Waals surface area contributed by atoms with Crippen LogP contribution in [0.25, 0.3) is 11.3 Å². The van der Waals surface area contributed by atoms with Crippen LogP contribution in [0.1, 0.15) is 19.4 Å². The van der Waals surface area contributed by atoms with Crippen molar-refractivity contribution < 1.29 is 0 Å². The van der Waals surface area contributed by atoms with E-state index in [2.05, 4.69) is 35.2 Å². The predicted octanol–water partition coefficient (Wildman–Crippen LogP) is 2.64. The van der Waals surface area contributed by atoms with Crippen molar-refractivity contribution in [1.29, 1.82) is 0 Å². The number of rotatable bonds is 4. The average Bonchev–Trinajstić information content (AvgIpc) is 2.38. The third kappa shape index (κ3) is 3.36. The fraction of sp³-hybridized carbons (Fsp3) is 0.286. The Morgan fingerprint density at radius 1 is 1.24 bits per heavy atom. The minimum absolute atomic E-state index is 0.480. The number of pyridine rings is 2. The molecule has 0 saturated carbocycles. The summed E-state index contributed by atoms with van der Waals surface area (Å²) in [7, 11) is 0. The molecule has 0 aromatic carbocycles. The Hall–Kier alpha value is -1.74. The van der Waals surface area contributed by atoms with E-state index in [1.54, 1.807) is 6.20 Å². The lowest BCUT2D eigenvalue weighted by Crippen LogP contribution is -2.21. The van der Waals surface area contributed by atoms with Crippen molar-refractivity contribution in [3.8, 4) is 11.3 Å². The predicted molar refractivity (Wildman–Crippen MR) is 69.4 cm³/mol. The van der Waals surface area contributed by atoms with E-state index in [0.717, 1.165) is 17.8 Å². The van der Waals surface area contributed by atoms with Crippen LogP contribution in [0.4, 0.5) is 0 Å². The summed E-state index contributed by atoms with van der Waals surface area (Å²) in [6.07, 6.45) is 5.54. The third-order valence-corrected chi connectivity index (χ3v) is 2.47. The van der Waals surface area contributed by atoms with Gasteiger partial charge >= 0.3 is 0 Å². The summed E-state index contributed by atoms with van der Waals surface area (Å²) in [5.41, 5.74) is 3.21. The van der Waals surface area contributed by atoms with E-state index in [1.165, 1.54) is 5.56 Å². The summed E-state index contributed by atoms with van der Waals surface area (Å²) in [5, 5.41) is 3.38. The molecule has 0 fully saturated rings. The zero-order valence-corrected chi connectivity index (χ0v) is 10.2. The Labute approximate surface area is 102 Å². The Bertz CT molecular complexity index is 466. The molecule has 0 bridgehead atoms. The minimum Gasteiger partial charge on any atom is -0.310 e. The maximum Gasteiger partial charge on any atom is 0.0717 e. The molecule has 2 rings (SSSR count). The highest BCUT2D eigenvalue weighted by atomic mass is 14.9. The number of hydrogen-bond donors (Lipinski definition) is 1. The SMILES string of the molecule is CC(C)NCc1cncc(-c2ccccn2)c1. The molecule has 0 radical (unpaired) electrons. The van der Waals surface area contributed by atoms with Crippen LogP contribution in [0.15, 0.2) is 42.9 Å². The highest BCUT2D eigenvalue weighted by Crippen LogP contribution is 2.16. The number of nitrogens with one attached hydrogen (secondary N) is 1. The van der Waals surface area contributed by atoms with Gasteiger partial charge in [0.15, 0.2) is 0 Å². The van der Waals surface area contributed by atoms with Gasteiger partial charge in [-0.2, -0.15) is 0 Å². The molecular weight excluding hydrogens is 210 g/mol. The lowest BCUT2D eigenvalue weighted by atomic mass is 10.1. The summed E-state index contributed by atoms with van der Waals surface area (Å²) < 4.78 is 0. The molecule has 0 unspecified atom stereocenters. The Balaban J connectivity index is 2.17. The van der Waals surface area contributed by atoms with E-state index in [-0.39, 0.29) is 0 Å². The fourth-order valence-electron chi connectivity index (χ4n) is 1.58. The summed E-state index contributed by atoms with van der Waals surface area (Å²) in [4.78, 5) is 8.58. The van der Waals surface area contributed by atoms with E-state index < -0.39 is 0 Å². The van der Waals surface area contributed by atoms with E-state index in [0.29, 0.717) is 6.04 Å². The van der Waals surface area contributed by atoms with Crippen molar-refractivity contribution in [2.75, 3.05) is 0 Å². The number of nitrogens with zero attached hydrogens (tertiary/aromatic N) is 2. The van der Waals surface area contributed by atoms with Crippen molar-refractivity contribution >= 4 is 0 Å². The maximum absolute atomic E-state index is 4.32. The molecule has 17 heavy (non-hydrogen) atoms. The maximum atomic E-state index is 4.32. The molecule has 2 aromatic heterocycles. The molecule has 88 valence electrons. The first-order valence-electron chi connectivity index (χ1n) is 5.84. The average molecular weight is 227 g/mol. The zero-order valence-electron chi connectivity index (χ0n) is 10.2. The van der Waals surface area contributed by atoms with Gasteiger partial charge in [0.2, 0.25) is 0 Å². The second-order valence-corrected chi connectivity index (χ2v) is 4.33. The van der Waals surface area contributed by atoms with Gasteiger partial charge in [0.05, 0.1) is 5.69 Å². The number of aromatic nitrogens is 2. The molecule has 0 aliphatic carbocycles. The van der Waals surface area contributed by atoms with Crippen molar-refractivity contribution in [1.82, 2.24) is 15.3 Å². The van der Waals surface area contributed by atoms with Crippen LogP contribution in [0, 0.1) is 0 Å². The van der Waals surface area contributed by atoms with Gasteiger partial charge in [-0.3, -0.25) is 9.97 Å². The smallest absolute Gasteiger partial charge is 0.0717 e. The van der Waals surface area contributed by atoms with Crippen LogP contribution in [0.5, 0.6) is 0 Å². The molecule has 0 atom stereocenters. The molecule has 0 aliphatic rings. The summed E-state index contributed by atoms with van der Waals surface area (Å²) in [6, 6.07) is 8.51. The van der Waals surface area contributed by atoms with Gasteiger partial charge in [0.25, 0.3) is 0 Å². The van der Waals surface area contributed by atoms with Crippen molar-refractivity contribution in [2.24, 2.45) is 0 Å². The molecule has 1 N–H and O–H groups in total. The second kappa shape index (κ2) is 5.55. The minimum atomic E-state index is 0.480. The molecule has 3 heteroatoms. The quantitative estimate of drug-likeness (QED) is 0.872. The third-order valence-electron chi connectivity index (χ3n) is 2.47. The first kappa shape index (κ1) is 11.7. The molecule has 0 amide bonds. The second-order valence-electron chi connectivity index (χ2n) is 4.33. The zero-order chi connectivity index (χ0) is 12.1. The first-order valence-corrected chi connectivity index (χ1v) is 5.84. The summed E-state index contributed by atoms with van der Waals surface area (Å²) >= 11 is 0. The normalized spacial score (nSPS) is 10.8. The summed E-state index contributed by atoms with van der Waals surface area (Å²) in [6.45, 7) is 5.11. The molecule has 2 heterocycles. The van der Waals surface area contributed by atoms with E-state index >= 15 is 0 Å². The molecule has 0 saturated heterocycles. The molecule has 0 spiro atoms. The van der Waals surface area contributed by atoms with Gasteiger partial charge in [0, 0.05) is 36.7 Å². The van der Waals surface area contributed by atoms with E-state index in [1.807, 2.05) is 30.6 Å². The highest BCUT2D eigenvalue weighted by Gasteiger charge is 2.01. The van der Waals surface area contributed by atoms with Gasteiger partial charge in [0.1, 0.15) is 0 Å². The molecule has 2 aromatic rings. The fourth-order valence-corrected chi connectivity index (χ4v) is 1.58. The summed E-state index contributed by atoms with van der Waals surface area (Å²) in [5.74, 6) is 0. The lowest BCUT2D eigenvalue weighted by Gasteiger charge is -2.08. The molecule has 3 nitrogen and oxygen atoms in total. The van der Waals surface area contributed by atoms with Crippen molar-refractivity contribution in [3.63, 3.8) is 0 Å². The van der Waals surface area contributed by atoms with Gasteiger partial charge in [-0.05, 0) is 23.8 Å². The Morgan fingerprint density at radius 3 is 2.82 bits per heavy atom. The van der Waals surface area contributed by atoms with Gasteiger partial charge in [-0.25, -0.2) is 0 Å². The van der Waals surface area contributed by atoms with Crippen LogP contribution < -0.4 is 5.32 Å². The largest absolute Gasteiger partial charge is 0.310 e. The standard InChI is InChI=1S/C14H17N3/c1-11(2)17-9-12-7-13(10-15-8-12)14-5-3-4-6-16-14/h3-8,10-11,17H,9H2,1-2H3. The van der Waals surface area contributed by atoms with Crippen molar-refractivity contribution in [2.45, 2.75) is 26.4 Å². The monoisotopic (exact) mass is 227 g/mol. The topological polar surface area (TPSA) is 37.8 Å². The lowest BCUT2D eigenvalue weighted by molar-refractivity contribution is 0.588. The molecule has 0 aliphatic heterocycles. The van der Waals surface area contributed by atoms with Crippen LogP contribution in [-0.2, 0) is 6.54 Å². The van der Waals surface area contributed by atoms with Gasteiger partial charge in [-0.15, -0.1) is 0 Å². The van der Waals surface area contributed by atoms with Crippen LogP contribution in [0.3, 0.4) is 0 Å². The van der Waals surface area contributed by atoms with Crippen LogP contribution >= 0.6 is 0 Å². The van der Waals surface area contributed by atoms with E-state index in [4.69, 9.17) is 0 Å². The first-order chi connectivity index (χ1) is 8.25. The van der Waals surface area contributed by atoms with Crippen molar-refractivity contribution in [3.05, 3.63) is 48.4 Å². The highest BCUT2D eigenvalue weighted by molar-refractivity contribution is 5.58. The van der Waals surface area contributed by atoms with E-state index in [9.17, 15) is 0 Å². The Kier molecular flexibility index (Phi) is 3.83. The van der Waals surface area contributed by atoms with Gasteiger partial charge in [-0.1, -0.05) is 19.9 Å². The van der Waals surface area contributed by atoms with Crippen LogP contribution in [-0.4, -0.2) is 16.0 Å². The molecular formula is C14H17N3. The van der Waals surface area contributed by atoms with Crippen LogP contribution in [0.2, 0.25) is 0 Å². The number of hydrogen-bond acceptors (Lipinski definition) is 3. The van der Waals surface area contributed by atoms with Gasteiger partial charge < -0.3 is 5.32 Å². The Morgan fingerprint density at radius 2 is 2.12 bits per heavy atom.